The van der Waals surface area contributed by atoms with E-state index in [1.54, 1.807) is 6.92 Å². The molecule has 1 atom stereocenters. The van der Waals surface area contributed by atoms with Gasteiger partial charge in [-0.1, -0.05) is 12.1 Å². The molecule has 0 aliphatic heterocycles. The number of nitrogens with one attached hydrogen (secondary N) is 1. The van der Waals surface area contributed by atoms with E-state index in [1.165, 1.54) is 13.8 Å². The molecule has 0 radical (unpaired) electrons. The number of benzene rings is 1. The number of hydrogen-bond donors (Lipinski definition) is 2. The first-order valence-corrected chi connectivity index (χ1v) is 7.15. The van der Waals surface area contributed by atoms with Crippen LogP contribution < -0.4 is 5.32 Å². The van der Waals surface area contributed by atoms with Crippen molar-refractivity contribution >= 4 is 11.7 Å². The Morgan fingerprint density at radius 2 is 1.72 bits per heavy atom. The van der Waals surface area contributed by atoms with Gasteiger partial charge < -0.3 is 15.2 Å². The molecule has 0 spiro atoms. The molecule has 1 rings (SSSR count). The molecule has 0 amide bonds. The second-order valence-corrected chi connectivity index (χ2v) is 5.35. The van der Waals surface area contributed by atoms with Crippen LogP contribution in [0.15, 0.2) is 18.2 Å². The second-order valence-electron chi connectivity index (χ2n) is 5.35. The molecule has 0 aliphatic carbocycles. The van der Waals surface area contributed by atoms with E-state index in [9.17, 15) is 36.2 Å². The van der Waals surface area contributed by atoms with Crippen molar-refractivity contribution in [3.63, 3.8) is 0 Å². The van der Waals surface area contributed by atoms with Gasteiger partial charge in [-0.05, 0) is 32.4 Å². The number of alkyl halides is 6. The zero-order valence-corrected chi connectivity index (χ0v) is 13.5. The Labute approximate surface area is 139 Å². The Morgan fingerprint density at radius 3 is 2.12 bits per heavy atom. The SMILES string of the molecule is CCOC(=O)C(C)Nc1ccc(C(O)(C(F)(F)F)C(F)(F)F)cc1C. The first kappa shape index (κ1) is 21.1. The van der Waals surface area contributed by atoms with E-state index in [0.29, 0.717) is 12.1 Å². The standard InChI is InChI=1S/C15H17F6NO3/c1-4-25-12(23)9(3)22-11-6-5-10(7-8(11)2)13(24,14(16,17)18)15(19,20)21/h5-7,9,22,24H,4H2,1-3H3. The third-order valence-electron chi connectivity index (χ3n) is 3.48. The van der Waals surface area contributed by atoms with Crippen molar-refractivity contribution in [2.45, 2.75) is 44.8 Å². The van der Waals surface area contributed by atoms with Gasteiger partial charge in [-0.3, -0.25) is 0 Å². The molecule has 25 heavy (non-hydrogen) atoms. The smallest absolute Gasteiger partial charge is 0.430 e. The number of aliphatic hydroxyl groups is 1. The quantitative estimate of drug-likeness (QED) is 0.611. The third kappa shape index (κ3) is 4.17. The molecule has 10 heteroatoms. The Bertz CT molecular complexity index is 613. The maximum atomic E-state index is 12.9. The summed E-state index contributed by atoms with van der Waals surface area (Å²) in [7, 11) is 0. The number of aryl methyl sites for hydroxylation is 1. The van der Waals surface area contributed by atoms with Crippen LogP contribution in [0, 0.1) is 6.92 Å². The van der Waals surface area contributed by atoms with Crippen LogP contribution in [-0.2, 0) is 15.1 Å². The van der Waals surface area contributed by atoms with Crippen LogP contribution in [0.1, 0.15) is 25.0 Å². The molecule has 2 N–H and O–H groups in total. The fourth-order valence-electron chi connectivity index (χ4n) is 2.10. The molecule has 4 nitrogen and oxygen atoms in total. The molecule has 0 bridgehead atoms. The largest absolute Gasteiger partial charge is 0.464 e. The number of esters is 1. The van der Waals surface area contributed by atoms with Crippen molar-refractivity contribution in [3.05, 3.63) is 29.3 Å². The molecule has 0 saturated carbocycles. The van der Waals surface area contributed by atoms with E-state index in [4.69, 9.17) is 4.74 Å². The number of halogens is 6. The van der Waals surface area contributed by atoms with E-state index in [2.05, 4.69) is 5.32 Å². The fourth-order valence-corrected chi connectivity index (χ4v) is 2.10. The van der Waals surface area contributed by atoms with E-state index >= 15 is 0 Å². The highest BCUT2D eigenvalue weighted by Gasteiger charge is 2.71. The van der Waals surface area contributed by atoms with Gasteiger partial charge >= 0.3 is 18.3 Å². The second kappa shape index (κ2) is 7.11. The van der Waals surface area contributed by atoms with Crippen molar-refractivity contribution in [2.75, 3.05) is 11.9 Å². The van der Waals surface area contributed by atoms with Crippen LogP contribution in [0.25, 0.3) is 0 Å². The van der Waals surface area contributed by atoms with Crippen molar-refractivity contribution < 1.29 is 41.0 Å². The van der Waals surface area contributed by atoms with Crippen LogP contribution in [-0.4, -0.2) is 36.1 Å². The monoisotopic (exact) mass is 373 g/mol. The molecule has 0 aliphatic rings. The highest BCUT2D eigenvalue weighted by Crippen LogP contribution is 2.50. The minimum Gasteiger partial charge on any atom is -0.464 e. The average Bonchev–Trinajstić information content (AvgIpc) is 2.46. The summed E-state index contributed by atoms with van der Waals surface area (Å²) >= 11 is 0. The van der Waals surface area contributed by atoms with Crippen LogP contribution in [0.3, 0.4) is 0 Å². The van der Waals surface area contributed by atoms with Gasteiger partial charge in [-0.25, -0.2) is 4.79 Å². The summed E-state index contributed by atoms with van der Waals surface area (Å²) in [6.45, 7) is 4.37. The van der Waals surface area contributed by atoms with E-state index in [-0.39, 0.29) is 17.9 Å². The molecule has 0 heterocycles. The minimum absolute atomic E-state index is 0.0134. The van der Waals surface area contributed by atoms with Crippen LogP contribution >= 0.6 is 0 Å². The first-order chi connectivity index (χ1) is 11.3. The minimum atomic E-state index is -5.95. The zero-order chi connectivity index (χ0) is 19.6. The summed E-state index contributed by atoms with van der Waals surface area (Å²) in [6, 6.07) is 1.15. The molecule has 0 aromatic heterocycles. The molecule has 1 aromatic rings. The number of ether oxygens (including phenoxy) is 1. The lowest BCUT2D eigenvalue weighted by molar-refractivity contribution is -0.376. The predicted molar refractivity (Wildman–Crippen MR) is 76.9 cm³/mol. The summed E-state index contributed by atoms with van der Waals surface area (Å²) < 4.78 is 82.0. The Kier molecular flexibility index (Phi) is 5.99. The van der Waals surface area contributed by atoms with Crippen molar-refractivity contribution in [1.29, 1.82) is 0 Å². The molecular weight excluding hydrogens is 356 g/mol. The fraction of sp³-hybridized carbons (Fsp3) is 0.533. The summed E-state index contributed by atoms with van der Waals surface area (Å²) in [4.78, 5) is 11.5. The molecular formula is C15H17F6NO3. The summed E-state index contributed by atoms with van der Waals surface area (Å²) in [5.74, 6) is -0.631. The lowest BCUT2D eigenvalue weighted by Crippen LogP contribution is -2.53. The summed E-state index contributed by atoms with van der Waals surface area (Å²) in [5, 5.41) is 12.0. The summed E-state index contributed by atoms with van der Waals surface area (Å²) in [6.07, 6.45) is -11.9. The lowest BCUT2D eigenvalue weighted by Gasteiger charge is -2.33. The van der Waals surface area contributed by atoms with Crippen molar-refractivity contribution in [2.24, 2.45) is 0 Å². The van der Waals surface area contributed by atoms with Gasteiger partial charge in [0.15, 0.2) is 0 Å². The Morgan fingerprint density at radius 1 is 1.20 bits per heavy atom. The van der Waals surface area contributed by atoms with Gasteiger partial charge in [-0.15, -0.1) is 0 Å². The van der Waals surface area contributed by atoms with Gasteiger partial charge in [0, 0.05) is 11.3 Å². The van der Waals surface area contributed by atoms with Gasteiger partial charge in [0.1, 0.15) is 6.04 Å². The van der Waals surface area contributed by atoms with Crippen LogP contribution in [0.4, 0.5) is 32.0 Å². The number of hydrogen-bond acceptors (Lipinski definition) is 4. The van der Waals surface area contributed by atoms with Gasteiger partial charge in [-0.2, -0.15) is 26.3 Å². The molecule has 1 unspecified atom stereocenters. The predicted octanol–water partition coefficient (Wildman–Crippen LogP) is 3.67. The number of carbonyl (C=O) groups is 1. The third-order valence-corrected chi connectivity index (χ3v) is 3.48. The number of anilines is 1. The first-order valence-electron chi connectivity index (χ1n) is 7.15. The molecule has 0 fully saturated rings. The van der Waals surface area contributed by atoms with E-state index in [0.717, 1.165) is 6.07 Å². The van der Waals surface area contributed by atoms with Crippen molar-refractivity contribution in [3.8, 4) is 0 Å². The molecule has 0 saturated heterocycles. The normalized spacial score (nSPS) is 14.2. The zero-order valence-electron chi connectivity index (χ0n) is 13.5. The maximum Gasteiger partial charge on any atom is 0.430 e. The van der Waals surface area contributed by atoms with Gasteiger partial charge in [0.25, 0.3) is 5.60 Å². The number of carbonyl (C=O) groups excluding carboxylic acids is 1. The molecule has 142 valence electrons. The van der Waals surface area contributed by atoms with Gasteiger partial charge in [0.2, 0.25) is 0 Å². The topological polar surface area (TPSA) is 58.6 Å². The highest BCUT2D eigenvalue weighted by atomic mass is 19.4. The van der Waals surface area contributed by atoms with E-state index in [1.807, 2.05) is 0 Å². The van der Waals surface area contributed by atoms with Crippen LogP contribution in [0.5, 0.6) is 0 Å². The summed E-state index contributed by atoms with van der Waals surface area (Å²) in [5.41, 5.74) is -6.23. The molecule has 1 aromatic carbocycles. The van der Waals surface area contributed by atoms with Crippen molar-refractivity contribution in [1.82, 2.24) is 0 Å². The number of rotatable bonds is 5. The average molecular weight is 373 g/mol. The Hall–Kier alpha value is -1.97. The highest BCUT2D eigenvalue weighted by molar-refractivity contribution is 5.79. The maximum absolute atomic E-state index is 12.9. The lowest BCUT2D eigenvalue weighted by atomic mass is 9.90. The van der Waals surface area contributed by atoms with E-state index < -0.39 is 35.5 Å². The van der Waals surface area contributed by atoms with Crippen LogP contribution in [0.2, 0.25) is 0 Å². The Balaban J connectivity index is 3.23. The van der Waals surface area contributed by atoms with Gasteiger partial charge in [0.05, 0.1) is 6.61 Å².